The van der Waals surface area contributed by atoms with E-state index < -0.39 is 0 Å². The first-order valence-corrected chi connectivity index (χ1v) is 13.6. The Bertz CT molecular complexity index is 2230. The van der Waals surface area contributed by atoms with Crippen LogP contribution in [0.3, 0.4) is 0 Å². The quantitative estimate of drug-likeness (QED) is 0.226. The van der Waals surface area contributed by atoms with Gasteiger partial charge in [0.1, 0.15) is 0 Å². The molecule has 0 unspecified atom stereocenters. The topological polar surface area (TPSA) is 9.86 Å². The van der Waals surface area contributed by atoms with Crippen LogP contribution in [0.1, 0.15) is 11.1 Å². The van der Waals surface area contributed by atoms with Gasteiger partial charge >= 0.3 is 0 Å². The van der Waals surface area contributed by atoms with Gasteiger partial charge < -0.3 is 9.13 Å². The number of para-hydroxylation sites is 4. The first-order valence-electron chi connectivity index (χ1n) is 13.6. The van der Waals surface area contributed by atoms with E-state index in [1.807, 2.05) is 0 Å². The standard InChI is InChI=1S/C37H24N2/c1-3-14-25(15-4-1)38-31-21-11-9-19-28(31)34-35-29-20-10-12-22-32(29)39(26-16-5-2-6-17-26)37(35)33-27-18-8-7-13-24(27)23-30(33)36(34)38/h1-22H,23H2. The minimum absolute atomic E-state index is 0.928. The number of hydrogen-bond donors (Lipinski definition) is 0. The average molecular weight is 497 g/mol. The Morgan fingerprint density at radius 2 is 0.923 bits per heavy atom. The lowest BCUT2D eigenvalue weighted by atomic mass is 9.96. The van der Waals surface area contributed by atoms with E-state index in [2.05, 4.69) is 143 Å². The highest BCUT2D eigenvalue weighted by Crippen LogP contribution is 2.52. The Morgan fingerprint density at radius 3 is 1.56 bits per heavy atom. The Morgan fingerprint density at radius 1 is 0.436 bits per heavy atom. The molecule has 0 spiro atoms. The van der Waals surface area contributed by atoms with Gasteiger partial charge in [-0.2, -0.15) is 0 Å². The molecule has 39 heavy (non-hydrogen) atoms. The maximum atomic E-state index is 2.50. The molecule has 0 aliphatic heterocycles. The van der Waals surface area contributed by atoms with Crippen LogP contribution in [0.2, 0.25) is 0 Å². The summed E-state index contributed by atoms with van der Waals surface area (Å²) >= 11 is 0. The molecule has 182 valence electrons. The van der Waals surface area contributed by atoms with Gasteiger partial charge in [-0.15, -0.1) is 0 Å². The third kappa shape index (κ3) is 2.70. The van der Waals surface area contributed by atoms with Crippen molar-refractivity contribution in [3.63, 3.8) is 0 Å². The van der Waals surface area contributed by atoms with Gasteiger partial charge in [-0.1, -0.05) is 97.1 Å². The van der Waals surface area contributed by atoms with Crippen molar-refractivity contribution in [2.75, 3.05) is 0 Å². The number of aromatic nitrogens is 2. The summed E-state index contributed by atoms with van der Waals surface area (Å²) in [5, 5.41) is 5.29. The van der Waals surface area contributed by atoms with Gasteiger partial charge in [-0.3, -0.25) is 0 Å². The lowest BCUT2D eigenvalue weighted by molar-refractivity contribution is 1.15. The molecule has 0 N–H and O–H groups in total. The second-order valence-corrected chi connectivity index (χ2v) is 10.5. The lowest BCUT2D eigenvalue weighted by Gasteiger charge is -2.15. The van der Waals surface area contributed by atoms with Gasteiger partial charge in [0.15, 0.2) is 0 Å². The molecule has 0 saturated carbocycles. The van der Waals surface area contributed by atoms with Gasteiger partial charge in [0.25, 0.3) is 0 Å². The number of nitrogens with zero attached hydrogens (tertiary/aromatic N) is 2. The van der Waals surface area contributed by atoms with Crippen molar-refractivity contribution in [1.82, 2.24) is 9.13 Å². The third-order valence-corrected chi connectivity index (χ3v) is 8.51. The fraction of sp³-hybridized carbons (Fsp3) is 0.0270. The number of hydrogen-bond acceptors (Lipinski definition) is 0. The van der Waals surface area contributed by atoms with E-state index in [4.69, 9.17) is 0 Å². The second kappa shape index (κ2) is 7.72. The predicted octanol–water partition coefficient (Wildman–Crippen LogP) is 9.45. The number of rotatable bonds is 2. The van der Waals surface area contributed by atoms with Crippen molar-refractivity contribution < 1.29 is 0 Å². The van der Waals surface area contributed by atoms with Crippen molar-refractivity contribution >= 4 is 43.6 Å². The first-order chi connectivity index (χ1) is 19.4. The van der Waals surface area contributed by atoms with Gasteiger partial charge in [0.2, 0.25) is 0 Å². The molecule has 0 bridgehead atoms. The molecule has 0 amide bonds. The first kappa shape index (κ1) is 20.9. The zero-order valence-corrected chi connectivity index (χ0v) is 21.3. The van der Waals surface area contributed by atoms with Crippen molar-refractivity contribution in [3.05, 3.63) is 145 Å². The molecule has 0 atom stereocenters. The van der Waals surface area contributed by atoms with Crippen molar-refractivity contribution in [1.29, 1.82) is 0 Å². The summed E-state index contributed by atoms with van der Waals surface area (Å²) in [4.78, 5) is 0. The van der Waals surface area contributed by atoms with Crippen molar-refractivity contribution in [2.24, 2.45) is 0 Å². The highest BCUT2D eigenvalue weighted by Gasteiger charge is 2.31. The summed E-state index contributed by atoms with van der Waals surface area (Å²) in [7, 11) is 0. The molecule has 0 fully saturated rings. The lowest BCUT2D eigenvalue weighted by Crippen LogP contribution is -1.99. The van der Waals surface area contributed by atoms with E-state index >= 15 is 0 Å². The summed E-state index contributed by atoms with van der Waals surface area (Å²) in [6.07, 6.45) is 0.928. The summed E-state index contributed by atoms with van der Waals surface area (Å²) in [6.45, 7) is 0. The fourth-order valence-electron chi connectivity index (χ4n) is 7.03. The Labute approximate surface area is 226 Å². The minimum Gasteiger partial charge on any atom is -0.309 e. The van der Waals surface area contributed by atoms with Gasteiger partial charge in [-0.25, -0.2) is 0 Å². The molecule has 2 heterocycles. The molecular weight excluding hydrogens is 472 g/mol. The monoisotopic (exact) mass is 496 g/mol. The molecule has 2 heteroatoms. The summed E-state index contributed by atoms with van der Waals surface area (Å²) in [5.41, 5.74) is 13.1. The maximum absolute atomic E-state index is 2.50. The summed E-state index contributed by atoms with van der Waals surface area (Å²) < 4.78 is 5.00. The molecule has 1 aliphatic carbocycles. The average Bonchev–Trinajstić information content (AvgIpc) is 3.66. The van der Waals surface area contributed by atoms with Crippen LogP contribution >= 0.6 is 0 Å². The van der Waals surface area contributed by atoms with Gasteiger partial charge in [0, 0.05) is 44.9 Å². The van der Waals surface area contributed by atoms with Gasteiger partial charge in [-0.05, 0) is 53.1 Å². The highest BCUT2D eigenvalue weighted by atomic mass is 15.0. The molecule has 0 radical (unpaired) electrons. The van der Waals surface area contributed by atoms with Crippen LogP contribution in [-0.2, 0) is 6.42 Å². The predicted molar refractivity (Wildman–Crippen MR) is 163 cm³/mol. The third-order valence-electron chi connectivity index (χ3n) is 8.51. The Hall–Kier alpha value is -5.08. The normalized spacial score (nSPS) is 12.5. The number of fused-ring (bicyclic) bond motifs is 12. The van der Waals surface area contributed by atoms with Crippen molar-refractivity contribution in [2.45, 2.75) is 6.42 Å². The zero-order valence-electron chi connectivity index (χ0n) is 21.3. The molecule has 8 aromatic rings. The maximum Gasteiger partial charge on any atom is 0.0630 e. The van der Waals surface area contributed by atoms with Crippen LogP contribution < -0.4 is 0 Å². The summed E-state index contributed by atoms with van der Waals surface area (Å²) in [6, 6.07) is 48.5. The largest absolute Gasteiger partial charge is 0.309 e. The summed E-state index contributed by atoms with van der Waals surface area (Å²) in [5.74, 6) is 0. The van der Waals surface area contributed by atoms with E-state index in [0.29, 0.717) is 0 Å². The van der Waals surface area contributed by atoms with E-state index in [-0.39, 0.29) is 0 Å². The molecule has 9 rings (SSSR count). The zero-order chi connectivity index (χ0) is 25.5. The molecule has 2 aromatic heterocycles. The highest BCUT2D eigenvalue weighted by molar-refractivity contribution is 6.33. The van der Waals surface area contributed by atoms with E-state index in [1.165, 1.54) is 77.2 Å². The van der Waals surface area contributed by atoms with Crippen molar-refractivity contribution in [3.8, 4) is 22.5 Å². The van der Waals surface area contributed by atoms with E-state index in [1.54, 1.807) is 0 Å². The van der Waals surface area contributed by atoms with Crippen LogP contribution in [0.4, 0.5) is 0 Å². The fourth-order valence-corrected chi connectivity index (χ4v) is 7.03. The van der Waals surface area contributed by atoms with Gasteiger partial charge in [0.05, 0.1) is 22.1 Å². The molecule has 6 aromatic carbocycles. The van der Waals surface area contributed by atoms with E-state index in [9.17, 15) is 0 Å². The second-order valence-electron chi connectivity index (χ2n) is 10.5. The van der Waals surface area contributed by atoms with Crippen LogP contribution in [0, 0.1) is 0 Å². The Balaban J connectivity index is 1.64. The van der Waals surface area contributed by atoms with Crippen LogP contribution in [-0.4, -0.2) is 9.13 Å². The molecule has 2 nitrogen and oxygen atoms in total. The smallest absolute Gasteiger partial charge is 0.0630 e. The van der Waals surface area contributed by atoms with Crippen LogP contribution in [0.5, 0.6) is 0 Å². The molecular formula is C37H24N2. The van der Waals surface area contributed by atoms with Crippen LogP contribution in [0.15, 0.2) is 133 Å². The van der Waals surface area contributed by atoms with Crippen LogP contribution in [0.25, 0.3) is 66.1 Å². The Kier molecular flexibility index (Phi) is 4.14. The number of benzene rings is 6. The minimum atomic E-state index is 0.928. The molecule has 1 aliphatic rings. The SMILES string of the molecule is c1ccc(-n2c3ccccc3c3c4c5ccccc5n(-c5ccccc5)c4c4c(c32)Cc2ccccc2-4)cc1. The molecule has 0 saturated heterocycles. The van der Waals surface area contributed by atoms with E-state index in [0.717, 1.165) is 6.42 Å².